The average molecular weight is 490 g/mol. The number of nitrogens with two attached hydrogens (primary N) is 1. The summed E-state index contributed by atoms with van der Waals surface area (Å²) in [5.41, 5.74) is 20.0. The molecular formula is C35H27N3. The zero-order chi connectivity index (χ0) is 25.8. The number of hydrogen-bond donors (Lipinski definition) is 1. The van der Waals surface area contributed by atoms with Crippen molar-refractivity contribution in [1.29, 1.82) is 0 Å². The smallest absolute Gasteiger partial charge is 0.0802 e. The van der Waals surface area contributed by atoms with Crippen LogP contribution in [0.3, 0.4) is 0 Å². The van der Waals surface area contributed by atoms with Crippen molar-refractivity contribution in [3.63, 3.8) is 0 Å². The third-order valence-electron chi connectivity index (χ3n) is 7.71. The Balaban J connectivity index is 1.45. The Morgan fingerprint density at radius 3 is 2.42 bits per heavy atom. The highest BCUT2D eigenvalue weighted by Gasteiger charge is 2.26. The molecule has 5 aromatic rings. The summed E-state index contributed by atoms with van der Waals surface area (Å²) in [4.78, 5) is 4.59. The minimum absolute atomic E-state index is 0.632. The highest BCUT2D eigenvalue weighted by molar-refractivity contribution is 6.18. The second-order valence-corrected chi connectivity index (χ2v) is 9.80. The lowest BCUT2D eigenvalue weighted by Crippen LogP contribution is -2.04. The van der Waals surface area contributed by atoms with E-state index < -0.39 is 0 Å². The molecule has 1 aromatic heterocycles. The topological polar surface area (TPSA) is 43.3 Å². The van der Waals surface area contributed by atoms with E-state index in [0.717, 1.165) is 33.8 Å². The SMILES string of the molecule is C=C(/C=C\C)c1c(/C=C\N)c2c(n1-c1cccc(-c3ccc4c5c(cccc35)-c3ccccc3-4)c1)CN=C2. The van der Waals surface area contributed by atoms with Crippen molar-refractivity contribution in [2.24, 2.45) is 10.7 Å². The van der Waals surface area contributed by atoms with Gasteiger partial charge in [-0.15, -0.1) is 0 Å². The van der Waals surface area contributed by atoms with E-state index in [1.165, 1.54) is 44.2 Å². The van der Waals surface area contributed by atoms with E-state index in [1.54, 1.807) is 6.20 Å². The maximum absolute atomic E-state index is 5.88. The van der Waals surface area contributed by atoms with Crippen LogP contribution in [0.1, 0.15) is 29.4 Å². The number of aliphatic imine (C=N–C) groups is 1. The predicted molar refractivity (Wildman–Crippen MR) is 162 cm³/mol. The van der Waals surface area contributed by atoms with Crippen molar-refractivity contribution >= 4 is 28.6 Å². The summed E-state index contributed by atoms with van der Waals surface area (Å²) >= 11 is 0. The van der Waals surface area contributed by atoms with Crippen molar-refractivity contribution in [3.8, 4) is 39.1 Å². The van der Waals surface area contributed by atoms with Gasteiger partial charge in [-0.2, -0.15) is 0 Å². The minimum atomic E-state index is 0.632. The Labute approximate surface area is 222 Å². The van der Waals surface area contributed by atoms with Gasteiger partial charge in [0.1, 0.15) is 0 Å². The van der Waals surface area contributed by atoms with Crippen LogP contribution in [0.25, 0.3) is 61.5 Å². The molecule has 2 aliphatic rings. The fraction of sp³-hybridized carbons (Fsp3) is 0.0571. The van der Waals surface area contributed by atoms with Crippen LogP contribution in [-0.4, -0.2) is 10.8 Å². The Bertz CT molecular complexity index is 1850. The number of fused-ring (bicyclic) bond motifs is 4. The molecule has 3 nitrogen and oxygen atoms in total. The molecule has 182 valence electrons. The molecule has 0 radical (unpaired) electrons. The minimum Gasteiger partial charge on any atom is -0.405 e. The Kier molecular flexibility index (Phi) is 5.05. The fourth-order valence-corrected chi connectivity index (χ4v) is 6.20. The second kappa shape index (κ2) is 8.60. The monoisotopic (exact) mass is 489 g/mol. The standard InChI is InChI=1S/C35H27N3/c1-3-8-22(2)35-31(17-18-36)32-20-37-21-33(32)38(35)24-10-6-9-23(19-24)25-15-16-30-27-12-5-4-11-26(27)29-14-7-13-28(25)34(29)30/h3-20H,2,21,36H2,1H3/b8-3-,18-17-. The van der Waals surface area contributed by atoms with E-state index >= 15 is 0 Å². The molecule has 2 heterocycles. The number of aromatic nitrogens is 1. The van der Waals surface area contributed by atoms with Gasteiger partial charge in [-0.1, -0.05) is 85.5 Å². The second-order valence-electron chi connectivity index (χ2n) is 9.80. The van der Waals surface area contributed by atoms with Crippen LogP contribution in [-0.2, 0) is 6.54 Å². The first-order valence-electron chi connectivity index (χ1n) is 12.9. The van der Waals surface area contributed by atoms with E-state index in [1.807, 2.05) is 25.3 Å². The zero-order valence-electron chi connectivity index (χ0n) is 21.3. The number of benzene rings is 4. The summed E-state index contributed by atoms with van der Waals surface area (Å²) in [6.45, 7) is 7.04. The molecule has 0 spiro atoms. The van der Waals surface area contributed by atoms with Crippen molar-refractivity contribution in [2.75, 3.05) is 0 Å². The van der Waals surface area contributed by atoms with Gasteiger partial charge in [-0.05, 0) is 81.1 Å². The summed E-state index contributed by atoms with van der Waals surface area (Å²) < 4.78 is 2.30. The van der Waals surface area contributed by atoms with Gasteiger partial charge >= 0.3 is 0 Å². The molecular weight excluding hydrogens is 462 g/mol. The lowest BCUT2D eigenvalue weighted by atomic mass is 9.94. The Morgan fingerprint density at radius 2 is 1.63 bits per heavy atom. The molecule has 0 fully saturated rings. The van der Waals surface area contributed by atoms with Crippen LogP contribution < -0.4 is 5.73 Å². The molecule has 0 amide bonds. The first kappa shape index (κ1) is 22.3. The van der Waals surface area contributed by atoms with Gasteiger partial charge in [0, 0.05) is 23.0 Å². The molecule has 0 bridgehead atoms. The highest BCUT2D eigenvalue weighted by atomic mass is 15.0. The van der Waals surface area contributed by atoms with E-state index in [2.05, 4.69) is 101 Å². The quantitative estimate of drug-likeness (QED) is 0.243. The molecule has 0 saturated heterocycles. The van der Waals surface area contributed by atoms with Crippen LogP contribution in [0.2, 0.25) is 0 Å². The summed E-state index contributed by atoms with van der Waals surface area (Å²) in [7, 11) is 0. The third kappa shape index (κ3) is 3.12. The molecule has 3 heteroatoms. The van der Waals surface area contributed by atoms with E-state index in [-0.39, 0.29) is 0 Å². The molecule has 1 aliphatic heterocycles. The summed E-state index contributed by atoms with van der Waals surface area (Å²) in [5.74, 6) is 0. The third-order valence-corrected chi connectivity index (χ3v) is 7.71. The number of nitrogens with zero attached hydrogens (tertiary/aromatic N) is 2. The zero-order valence-corrected chi connectivity index (χ0v) is 21.3. The molecule has 7 rings (SSSR count). The summed E-state index contributed by atoms with van der Waals surface area (Å²) in [6, 6.07) is 28.7. The van der Waals surface area contributed by atoms with E-state index in [9.17, 15) is 0 Å². The van der Waals surface area contributed by atoms with Crippen LogP contribution in [0.15, 0.2) is 109 Å². The molecule has 0 atom stereocenters. The van der Waals surface area contributed by atoms with Gasteiger partial charge in [0.2, 0.25) is 0 Å². The van der Waals surface area contributed by atoms with Crippen LogP contribution >= 0.6 is 0 Å². The number of allylic oxidation sites excluding steroid dienone is 3. The van der Waals surface area contributed by atoms with Crippen molar-refractivity contribution in [2.45, 2.75) is 13.5 Å². The highest BCUT2D eigenvalue weighted by Crippen LogP contribution is 2.49. The van der Waals surface area contributed by atoms with Gasteiger partial charge in [-0.3, -0.25) is 4.99 Å². The molecule has 0 unspecified atom stereocenters. The molecule has 1 aliphatic carbocycles. The predicted octanol–water partition coefficient (Wildman–Crippen LogP) is 8.40. The van der Waals surface area contributed by atoms with E-state index in [0.29, 0.717) is 6.54 Å². The van der Waals surface area contributed by atoms with Crippen molar-refractivity contribution in [3.05, 3.63) is 126 Å². The normalized spacial score (nSPS) is 13.2. The van der Waals surface area contributed by atoms with Gasteiger partial charge in [0.05, 0.1) is 17.9 Å². The first-order valence-corrected chi connectivity index (χ1v) is 12.9. The van der Waals surface area contributed by atoms with Gasteiger partial charge in [0.25, 0.3) is 0 Å². The lowest BCUT2D eigenvalue weighted by molar-refractivity contribution is 0.919. The maximum Gasteiger partial charge on any atom is 0.0802 e. The molecule has 0 saturated carbocycles. The number of rotatable bonds is 5. The Hall–Kier alpha value is -4.89. The summed E-state index contributed by atoms with van der Waals surface area (Å²) in [5, 5.41) is 2.61. The Morgan fingerprint density at radius 1 is 0.895 bits per heavy atom. The van der Waals surface area contributed by atoms with Crippen molar-refractivity contribution < 1.29 is 0 Å². The number of hydrogen-bond acceptors (Lipinski definition) is 2. The fourth-order valence-electron chi connectivity index (χ4n) is 6.20. The van der Waals surface area contributed by atoms with Crippen molar-refractivity contribution in [1.82, 2.24) is 4.57 Å². The molecule has 2 N–H and O–H groups in total. The van der Waals surface area contributed by atoms with Gasteiger partial charge < -0.3 is 10.3 Å². The summed E-state index contributed by atoms with van der Waals surface area (Å²) in [6.07, 6.45) is 9.59. The lowest BCUT2D eigenvalue weighted by Gasteiger charge is -2.16. The largest absolute Gasteiger partial charge is 0.405 e. The first-order chi connectivity index (χ1) is 18.7. The molecule has 38 heavy (non-hydrogen) atoms. The van der Waals surface area contributed by atoms with Gasteiger partial charge in [-0.25, -0.2) is 0 Å². The van der Waals surface area contributed by atoms with Crippen LogP contribution in [0.4, 0.5) is 0 Å². The van der Waals surface area contributed by atoms with Crippen LogP contribution in [0.5, 0.6) is 0 Å². The molecule has 4 aromatic carbocycles. The van der Waals surface area contributed by atoms with Gasteiger partial charge in [0.15, 0.2) is 0 Å². The maximum atomic E-state index is 5.88. The average Bonchev–Trinajstić information content (AvgIpc) is 3.63. The van der Waals surface area contributed by atoms with Crippen LogP contribution in [0, 0.1) is 0 Å². The van der Waals surface area contributed by atoms with E-state index in [4.69, 9.17) is 5.73 Å².